The first-order valence-electron chi connectivity index (χ1n) is 6.40. The molecule has 7 heteroatoms. The Kier molecular flexibility index (Phi) is 4.39. The van der Waals surface area contributed by atoms with Crippen molar-refractivity contribution in [1.29, 1.82) is 0 Å². The highest BCUT2D eigenvalue weighted by molar-refractivity contribution is 6.61. The molecule has 0 unspecified atom stereocenters. The minimum absolute atomic E-state index is 0.0262. The maximum Gasteiger partial charge on any atom is 0.277 e. The third-order valence-electron chi connectivity index (χ3n) is 3.32. The summed E-state index contributed by atoms with van der Waals surface area (Å²) in [6, 6.07) is 11.1. The van der Waals surface area contributed by atoms with Crippen LogP contribution in [-0.2, 0) is 9.59 Å². The number of hydrogen-bond donors (Lipinski definition) is 0. The Morgan fingerprint density at radius 2 is 1.48 bits per heavy atom. The van der Waals surface area contributed by atoms with Gasteiger partial charge in [-0.25, -0.2) is 4.90 Å². The van der Waals surface area contributed by atoms with Crippen molar-refractivity contribution in [1.82, 2.24) is 0 Å². The Labute approximate surface area is 152 Å². The van der Waals surface area contributed by atoms with Crippen LogP contribution in [0.2, 0.25) is 15.1 Å². The topological polar surface area (TPSA) is 37.4 Å². The van der Waals surface area contributed by atoms with Crippen molar-refractivity contribution in [2.24, 2.45) is 0 Å². The van der Waals surface area contributed by atoms with Gasteiger partial charge in [0.2, 0.25) is 0 Å². The highest BCUT2D eigenvalue weighted by atomic mass is 35.5. The highest BCUT2D eigenvalue weighted by Gasteiger charge is 2.40. The van der Waals surface area contributed by atoms with E-state index < -0.39 is 11.8 Å². The quantitative estimate of drug-likeness (QED) is 0.667. The van der Waals surface area contributed by atoms with Crippen molar-refractivity contribution in [3.05, 3.63) is 68.1 Å². The lowest BCUT2D eigenvalue weighted by Crippen LogP contribution is -2.31. The molecule has 1 heterocycles. The summed E-state index contributed by atoms with van der Waals surface area (Å²) in [5, 5.41) is 0.698. The van der Waals surface area contributed by atoms with E-state index in [1.807, 2.05) is 0 Å². The first-order valence-corrected chi connectivity index (χ1v) is 7.91. The molecule has 2 amide bonds. The standard InChI is InChI=1S/C16H7Cl4NO2/c17-8-5-6-9(11(19)7-8)13-14(20)16(23)21(15(13)22)12-4-2-1-3-10(12)18/h1-7H. The largest absolute Gasteiger partial charge is 0.277 e. The second-order valence-electron chi connectivity index (χ2n) is 4.71. The summed E-state index contributed by atoms with van der Waals surface area (Å²) < 4.78 is 0. The Morgan fingerprint density at radius 1 is 0.783 bits per heavy atom. The second-order valence-corrected chi connectivity index (χ2v) is 6.34. The average molecular weight is 387 g/mol. The molecule has 1 aliphatic heterocycles. The molecule has 0 spiro atoms. The number of benzene rings is 2. The Morgan fingerprint density at radius 3 is 2.13 bits per heavy atom. The molecule has 0 atom stereocenters. The first kappa shape index (κ1) is 16.3. The lowest BCUT2D eigenvalue weighted by Gasteiger charge is -2.16. The molecule has 23 heavy (non-hydrogen) atoms. The van der Waals surface area contributed by atoms with E-state index in [0.717, 1.165) is 4.90 Å². The van der Waals surface area contributed by atoms with Gasteiger partial charge in [0.05, 0.1) is 21.3 Å². The number of para-hydroxylation sites is 1. The molecule has 0 N–H and O–H groups in total. The van der Waals surface area contributed by atoms with Gasteiger partial charge in [-0.05, 0) is 24.3 Å². The number of anilines is 1. The zero-order valence-electron chi connectivity index (χ0n) is 11.3. The van der Waals surface area contributed by atoms with E-state index in [2.05, 4.69) is 0 Å². The van der Waals surface area contributed by atoms with Crippen molar-refractivity contribution < 1.29 is 9.59 Å². The van der Waals surface area contributed by atoms with Crippen LogP contribution in [0.5, 0.6) is 0 Å². The number of nitrogens with zero attached hydrogens (tertiary/aromatic N) is 1. The van der Waals surface area contributed by atoms with Crippen molar-refractivity contribution in [3.63, 3.8) is 0 Å². The monoisotopic (exact) mass is 385 g/mol. The van der Waals surface area contributed by atoms with Crippen LogP contribution in [-0.4, -0.2) is 11.8 Å². The zero-order valence-corrected chi connectivity index (χ0v) is 14.3. The second kappa shape index (κ2) is 6.17. The van der Waals surface area contributed by atoms with Gasteiger partial charge in [0.1, 0.15) is 5.03 Å². The van der Waals surface area contributed by atoms with Crippen LogP contribution in [0.1, 0.15) is 5.56 Å². The molecule has 0 bridgehead atoms. The summed E-state index contributed by atoms with van der Waals surface area (Å²) in [5.41, 5.74) is 0.634. The third kappa shape index (κ3) is 2.74. The van der Waals surface area contributed by atoms with Crippen LogP contribution >= 0.6 is 46.4 Å². The van der Waals surface area contributed by atoms with E-state index in [4.69, 9.17) is 46.4 Å². The van der Waals surface area contributed by atoms with Gasteiger partial charge in [0, 0.05) is 10.6 Å². The molecular formula is C16H7Cl4NO2. The van der Waals surface area contributed by atoms with Crippen LogP contribution in [0, 0.1) is 0 Å². The predicted octanol–water partition coefficient (Wildman–Crippen LogP) is 5.17. The van der Waals surface area contributed by atoms with Crippen LogP contribution < -0.4 is 4.90 Å². The van der Waals surface area contributed by atoms with Gasteiger partial charge < -0.3 is 0 Å². The highest BCUT2D eigenvalue weighted by Crippen LogP contribution is 2.39. The zero-order chi connectivity index (χ0) is 16.7. The van der Waals surface area contributed by atoms with E-state index in [1.165, 1.54) is 6.07 Å². The molecule has 2 aromatic rings. The molecule has 0 saturated heterocycles. The fourth-order valence-electron chi connectivity index (χ4n) is 2.28. The molecule has 3 rings (SSSR count). The van der Waals surface area contributed by atoms with Gasteiger partial charge >= 0.3 is 0 Å². The summed E-state index contributed by atoms with van der Waals surface area (Å²) in [6.07, 6.45) is 0. The van der Waals surface area contributed by atoms with Crippen molar-refractivity contribution >= 4 is 69.5 Å². The average Bonchev–Trinajstić information content (AvgIpc) is 2.71. The fraction of sp³-hybridized carbons (Fsp3) is 0. The van der Waals surface area contributed by atoms with Gasteiger partial charge in [0.25, 0.3) is 11.8 Å². The Balaban J connectivity index is 2.12. The number of carbonyl (C=O) groups excluding carboxylic acids is 2. The van der Waals surface area contributed by atoms with E-state index >= 15 is 0 Å². The molecule has 116 valence electrons. The molecule has 0 fully saturated rings. The lowest BCUT2D eigenvalue weighted by atomic mass is 10.1. The van der Waals surface area contributed by atoms with Crippen LogP contribution in [0.25, 0.3) is 5.57 Å². The summed E-state index contributed by atoms with van der Waals surface area (Å²) in [4.78, 5) is 26.1. The summed E-state index contributed by atoms with van der Waals surface area (Å²) in [5.74, 6) is -1.23. The third-order valence-corrected chi connectivity index (χ3v) is 4.54. The summed E-state index contributed by atoms with van der Waals surface area (Å²) in [6.45, 7) is 0. The molecule has 0 saturated carbocycles. The van der Waals surface area contributed by atoms with Crippen LogP contribution in [0.15, 0.2) is 47.5 Å². The van der Waals surface area contributed by atoms with Crippen molar-refractivity contribution in [3.8, 4) is 0 Å². The predicted molar refractivity (Wildman–Crippen MR) is 93.2 cm³/mol. The molecular weight excluding hydrogens is 380 g/mol. The number of imide groups is 1. The SMILES string of the molecule is O=C1C(Cl)=C(c2ccc(Cl)cc2Cl)C(=O)N1c1ccccc1Cl. The molecule has 3 nitrogen and oxygen atoms in total. The van der Waals surface area contributed by atoms with E-state index in [9.17, 15) is 9.59 Å². The van der Waals surface area contributed by atoms with Crippen LogP contribution in [0.4, 0.5) is 5.69 Å². The first-order chi connectivity index (χ1) is 10.9. The van der Waals surface area contributed by atoms with Crippen LogP contribution in [0.3, 0.4) is 0 Å². The van der Waals surface area contributed by atoms with Gasteiger partial charge in [-0.3, -0.25) is 9.59 Å². The Hall–Kier alpha value is -1.52. The van der Waals surface area contributed by atoms with E-state index in [0.29, 0.717) is 10.6 Å². The van der Waals surface area contributed by atoms with Gasteiger partial charge in [-0.1, -0.05) is 64.6 Å². The summed E-state index contributed by atoms with van der Waals surface area (Å²) >= 11 is 24.2. The van der Waals surface area contributed by atoms with Crippen molar-refractivity contribution in [2.45, 2.75) is 0 Å². The Bertz CT molecular complexity index is 876. The number of hydrogen-bond acceptors (Lipinski definition) is 2. The normalized spacial score (nSPS) is 14.9. The number of rotatable bonds is 2. The molecule has 0 aliphatic carbocycles. The molecule has 0 radical (unpaired) electrons. The fourth-order valence-corrected chi connectivity index (χ4v) is 3.27. The molecule has 1 aliphatic rings. The van der Waals surface area contributed by atoms with Crippen molar-refractivity contribution in [2.75, 3.05) is 4.90 Å². The number of halogens is 4. The number of amides is 2. The minimum atomic E-state index is -0.647. The smallest absolute Gasteiger partial charge is 0.268 e. The maximum atomic E-state index is 12.7. The van der Waals surface area contributed by atoms with Gasteiger partial charge in [-0.2, -0.15) is 0 Å². The molecule has 2 aromatic carbocycles. The lowest BCUT2D eigenvalue weighted by molar-refractivity contribution is -0.119. The maximum absolute atomic E-state index is 12.7. The minimum Gasteiger partial charge on any atom is -0.268 e. The summed E-state index contributed by atoms with van der Waals surface area (Å²) in [7, 11) is 0. The van der Waals surface area contributed by atoms with E-state index in [1.54, 1.807) is 36.4 Å². The molecule has 0 aromatic heterocycles. The number of carbonyl (C=O) groups is 2. The van der Waals surface area contributed by atoms with E-state index in [-0.39, 0.29) is 26.3 Å². The van der Waals surface area contributed by atoms with Gasteiger partial charge in [0.15, 0.2) is 0 Å². The van der Waals surface area contributed by atoms with Gasteiger partial charge in [-0.15, -0.1) is 0 Å².